The summed E-state index contributed by atoms with van der Waals surface area (Å²) in [6.45, 7) is 1.52. The fourth-order valence-corrected chi connectivity index (χ4v) is 3.05. The number of carbonyl (C=O) groups is 1. The average Bonchev–Trinajstić information content (AvgIpc) is 2.44. The van der Waals surface area contributed by atoms with Gasteiger partial charge in [-0.25, -0.2) is 26.4 Å². The highest BCUT2D eigenvalue weighted by Crippen LogP contribution is 2.25. The minimum absolute atomic E-state index is 0.405. The Bertz CT molecular complexity index is 897. The first-order valence-corrected chi connectivity index (χ1v) is 7.61. The number of sulfonamides is 1. The van der Waals surface area contributed by atoms with E-state index >= 15 is 0 Å². The van der Waals surface area contributed by atoms with Crippen molar-refractivity contribution >= 4 is 21.7 Å². The third-order valence-corrected chi connectivity index (χ3v) is 4.27. The van der Waals surface area contributed by atoms with Crippen molar-refractivity contribution in [3.63, 3.8) is 0 Å². The van der Waals surface area contributed by atoms with Gasteiger partial charge < -0.3 is 5.11 Å². The van der Waals surface area contributed by atoms with Crippen LogP contribution in [0.3, 0.4) is 0 Å². The van der Waals surface area contributed by atoms with Gasteiger partial charge in [-0.3, -0.25) is 4.72 Å². The molecule has 0 saturated heterocycles. The first-order valence-electron chi connectivity index (χ1n) is 6.13. The number of nitrogens with one attached hydrogen (secondary N) is 1. The maximum absolute atomic E-state index is 14.0. The molecule has 0 saturated carbocycles. The highest BCUT2D eigenvalue weighted by Gasteiger charge is 2.24. The van der Waals surface area contributed by atoms with Gasteiger partial charge in [-0.1, -0.05) is 6.07 Å². The smallest absolute Gasteiger partial charge is 0.338 e. The zero-order valence-corrected chi connectivity index (χ0v) is 12.4. The van der Waals surface area contributed by atoms with Crippen LogP contribution in [0.15, 0.2) is 35.2 Å². The lowest BCUT2D eigenvalue weighted by Gasteiger charge is -2.11. The molecule has 0 atom stereocenters. The van der Waals surface area contributed by atoms with Gasteiger partial charge in [0.2, 0.25) is 0 Å². The van der Waals surface area contributed by atoms with Gasteiger partial charge in [0.15, 0.2) is 5.82 Å². The van der Waals surface area contributed by atoms with E-state index in [-0.39, 0.29) is 0 Å². The molecular weight excluding hydrogens is 335 g/mol. The Kier molecular flexibility index (Phi) is 4.33. The van der Waals surface area contributed by atoms with Crippen molar-refractivity contribution in [3.8, 4) is 0 Å². The fraction of sp³-hybridized carbons (Fsp3) is 0.0714. The molecule has 0 aliphatic carbocycles. The zero-order chi connectivity index (χ0) is 17.4. The molecule has 0 fully saturated rings. The summed E-state index contributed by atoms with van der Waals surface area (Å²) in [5.41, 5.74) is -1.55. The van der Waals surface area contributed by atoms with E-state index in [0.717, 1.165) is 12.1 Å². The van der Waals surface area contributed by atoms with Crippen molar-refractivity contribution in [2.24, 2.45) is 0 Å². The first kappa shape index (κ1) is 16.8. The quantitative estimate of drug-likeness (QED) is 0.892. The molecule has 0 heterocycles. The molecule has 0 spiro atoms. The van der Waals surface area contributed by atoms with E-state index in [0.29, 0.717) is 17.7 Å². The molecule has 0 aliphatic rings. The molecule has 23 heavy (non-hydrogen) atoms. The van der Waals surface area contributed by atoms with Crippen LogP contribution in [0.2, 0.25) is 0 Å². The third-order valence-electron chi connectivity index (χ3n) is 2.89. The topological polar surface area (TPSA) is 83.5 Å². The molecule has 0 aromatic heterocycles. The van der Waals surface area contributed by atoms with E-state index in [1.54, 1.807) is 4.72 Å². The van der Waals surface area contributed by atoms with Crippen molar-refractivity contribution in [1.82, 2.24) is 0 Å². The summed E-state index contributed by atoms with van der Waals surface area (Å²) in [6, 6.07) is 4.12. The predicted octanol–water partition coefficient (Wildman–Crippen LogP) is 2.91. The summed E-state index contributed by atoms with van der Waals surface area (Å²) in [5.74, 6) is -5.50. The minimum atomic E-state index is -4.57. The van der Waals surface area contributed by atoms with Crippen molar-refractivity contribution in [1.29, 1.82) is 0 Å². The van der Waals surface area contributed by atoms with Crippen LogP contribution in [0.25, 0.3) is 0 Å². The largest absolute Gasteiger partial charge is 0.478 e. The molecule has 2 aromatic carbocycles. The van der Waals surface area contributed by atoms with E-state index < -0.39 is 49.6 Å². The second kappa shape index (κ2) is 5.92. The molecule has 0 bridgehead atoms. The molecule has 0 radical (unpaired) electrons. The van der Waals surface area contributed by atoms with Crippen LogP contribution in [0.4, 0.5) is 18.9 Å². The molecule has 0 unspecified atom stereocenters. The lowest BCUT2D eigenvalue weighted by Crippen LogP contribution is -2.17. The van der Waals surface area contributed by atoms with Gasteiger partial charge in [-0.15, -0.1) is 0 Å². The number of hydrogen-bond donors (Lipinski definition) is 2. The molecular formula is C14H10F3NO4S. The van der Waals surface area contributed by atoms with Crippen LogP contribution >= 0.6 is 0 Å². The number of benzene rings is 2. The van der Waals surface area contributed by atoms with E-state index in [1.807, 2.05) is 0 Å². The normalized spacial score (nSPS) is 11.3. The number of carboxylic acid groups (broad SMARTS) is 1. The molecule has 0 aliphatic heterocycles. The van der Waals surface area contributed by atoms with Crippen LogP contribution in [0.1, 0.15) is 15.9 Å². The van der Waals surface area contributed by atoms with Gasteiger partial charge in [-0.05, 0) is 30.7 Å². The third kappa shape index (κ3) is 3.45. The van der Waals surface area contributed by atoms with E-state index in [4.69, 9.17) is 5.11 Å². The summed E-state index contributed by atoms with van der Waals surface area (Å²) in [4.78, 5) is 10.1. The van der Waals surface area contributed by atoms with Crippen LogP contribution in [-0.2, 0) is 10.0 Å². The number of halogens is 3. The Morgan fingerprint density at radius 2 is 1.78 bits per heavy atom. The van der Waals surface area contributed by atoms with Crippen LogP contribution in [-0.4, -0.2) is 19.5 Å². The standard InChI is InChI=1S/C14H10F3NO4S/c1-7-2-3-10(16)12(4-7)23(21,22)18-11-6-8(15)5-9(13(11)17)14(19)20/h2-6,18H,1H3,(H,19,20). The van der Waals surface area contributed by atoms with Crippen LogP contribution in [0.5, 0.6) is 0 Å². The van der Waals surface area contributed by atoms with Crippen molar-refractivity contribution in [3.05, 3.63) is 58.9 Å². The Morgan fingerprint density at radius 1 is 1.13 bits per heavy atom. The highest BCUT2D eigenvalue weighted by atomic mass is 32.2. The Labute approximate surface area is 129 Å². The predicted molar refractivity (Wildman–Crippen MR) is 75.3 cm³/mol. The maximum Gasteiger partial charge on any atom is 0.338 e. The summed E-state index contributed by atoms with van der Waals surface area (Å²) in [5, 5.41) is 8.77. The van der Waals surface area contributed by atoms with Crippen molar-refractivity contribution < 1.29 is 31.5 Å². The number of hydrogen-bond acceptors (Lipinski definition) is 3. The maximum atomic E-state index is 14.0. The summed E-state index contributed by atoms with van der Waals surface area (Å²) in [6.07, 6.45) is 0. The van der Waals surface area contributed by atoms with E-state index in [1.165, 1.54) is 13.0 Å². The van der Waals surface area contributed by atoms with Gasteiger partial charge in [0.25, 0.3) is 10.0 Å². The molecule has 0 amide bonds. The van der Waals surface area contributed by atoms with Crippen LogP contribution in [0, 0.1) is 24.4 Å². The molecule has 2 N–H and O–H groups in total. The lowest BCUT2D eigenvalue weighted by molar-refractivity contribution is 0.0691. The monoisotopic (exact) mass is 345 g/mol. The Morgan fingerprint density at radius 3 is 2.39 bits per heavy atom. The van der Waals surface area contributed by atoms with Gasteiger partial charge >= 0.3 is 5.97 Å². The second-order valence-electron chi connectivity index (χ2n) is 4.66. The lowest BCUT2D eigenvalue weighted by atomic mass is 10.2. The summed E-state index contributed by atoms with van der Waals surface area (Å²) in [7, 11) is -4.57. The van der Waals surface area contributed by atoms with Gasteiger partial charge in [-0.2, -0.15) is 0 Å². The molecule has 9 heteroatoms. The van der Waals surface area contributed by atoms with Gasteiger partial charge in [0.1, 0.15) is 22.1 Å². The molecule has 2 aromatic rings. The van der Waals surface area contributed by atoms with E-state index in [9.17, 15) is 26.4 Å². The zero-order valence-electron chi connectivity index (χ0n) is 11.6. The SMILES string of the molecule is Cc1ccc(F)c(S(=O)(=O)Nc2cc(F)cc(C(=O)O)c2F)c1. The molecule has 5 nitrogen and oxygen atoms in total. The summed E-state index contributed by atoms with van der Waals surface area (Å²) >= 11 is 0. The Hall–Kier alpha value is -2.55. The highest BCUT2D eigenvalue weighted by molar-refractivity contribution is 7.92. The second-order valence-corrected chi connectivity index (χ2v) is 6.31. The Balaban J connectivity index is 2.54. The number of carboxylic acids is 1. The number of aryl methyl sites for hydroxylation is 1. The number of anilines is 1. The van der Waals surface area contributed by atoms with Gasteiger partial charge in [0, 0.05) is 6.07 Å². The molecule has 122 valence electrons. The summed E-state index contributed by atoms with van der Waals surface area (Å²) < 4.78 is 66.9. The van der Waals surface area contributed by atoms with Crippen molar-refractivity contribution in [2.75, 3.05) is 4.72 Å². The number of aromatic carboxylic acids is 1. The fourth-order valence-electron chi connectivity index (χ4n) is 1.84. The van der Waals surface area contributed by atoms with E-state index in [2.05, 4.69) is 0 Å². The van der Waals surface area contributed by atoms with Gasteiger partial charge in [0.05, 0.1) is 5.69 Å². The van der Waals surface area contributed by atoms with Crippen molar-refractivity contribution in [2.45, 2.75) is 11.8 Å². The minimum Gasteiger partial charge on any atom is -0.478 e. The first-order chi connectivity index (χ1) is 10.6. The number of rotatable bonds is 4. The average molecular weight is 345 g/mol. The molecule has 2 rings (SSSR count). The van der Waals surface area contributed by atoms with Crippen LogP contribution < -0.4 is 4.72 Å².